The molecule has 4 nitrogen and oxygen atoms in total. The fourth-order valence-electron chi connectivity index (χ4n) is 4.01. The van der Waals surface area contributed by atoms with E-state index in [0.29, 0.717) is 18.9 Å². The highest BCUT2D eigenvalue weighted by molar-refractivity contribution is 5.93. The molecule has 3 aliphatic rings. The van der Waals surface area contributed by atoms with Crippen LogP contribution in [0.25, 0.3) is 0 Å². The number of nitrogens with zero attached hydrogens (tertiary/aromatic N) is 1. The van der Waals surface area contributed by atoms with Crippen molar-refractivity contribution in [3.05, 3.63) is 0 Å². The van der Waals surface area contributed by atoms with Gasteiger partial charge in [0, 0.05) is 19.5 Å². The first-order chi connectivity index (χ1) is 9.43. The molecule has 0 bridgehead atoms. The lowest BCUT2D eigenvalue weighted by Gasteiger charge is -2.36. The Kier molecular flexibility index (Phi) is 3.30. The van der Waals surface area contributed by atoms with Crippen molar-refractivity contribution in [3.8, 4) is 0 Å². The molecule has 3 rings (SSSR count). The summed E-state index contributed by atoms with van der Waals surface area (Å²) >= 11 is 0. The Morgan fingerprint density at radius 3 is 2.45 bits per heavy atom. The first-order valence-corrected chi connectivity index (χ1v) is 8.03. The van der Waals surface area contributed by atoms with Crippen molar-refractivity contribution in [3.63, 3.8) is 0 Å². The summed E-state index contributed by atoms with van der Waals surface area (Å²) in [6, 6.07) is 0. The van der Waals surface area contributed by atoms with Crippen LogP contribution in [-0.2, 0) is 9.59 Å². The minimum Gasteiger partial charge on any atom is -0.342 e. The van der Waals surface area contributed by atoms with Gasteiger partial charge in [-0.15, -0.1) is 0 Å². The van der Waals surface area contributed by atoms with Gasteiger partial charge in [-0.25, -0.2) is 0 Å². The summed E-state index contributed by atoms with van der Waals surface area (Å²) < 4.78 is 0. The third-order valence-corrected chi connectivity index (χ3v) is 5.52. The normalized spacial score (nSPS) is 34.0. The molecule has 0 spiro atoms. The SMILES string of the molecule is CC1(CN2CCC(=O)NC(C)(C3CC3)C2=O)CCCC1. The fraction of sp³-hybridized carbons (Fsp3) is 0.875. The third kappa shape index (κ3) is 2.45. The maximum Gasteiger partial charge on any atom is 0.248 e. The van der Waals surface area contributed by atoms with Gasteiger partial charge in [0.1, 0.15) is 5.54 Å². The first-order valence-electron chi connectivity index (χ1n) is 8.03. The predicted octanol–water partition coefficient (Wildman–Crippen LogP) is 2.08. The first kappa shape index (κ1) is 13.9. The van der Waals surface area contributed by atoms with Crippen LogP contribution in [0.2, 0.25) is 0 Å². The quantitative estimate of drug-likeness (QED) is 0.859. The molecule has 2 saturated carbocycles. The average Bonchev–Trinajstić information content (AvgIpc) is 3.18. The average molecular weight is 278 g/mol. The van der Waals surface area contributed by atoms with Crippen LogP contribution in [0.15, 0.2) is 0 Å². The van der Waals surface area contributed by atoms with E-state index in [2.05, 4.69) is 12.2 Å². The topological polar surface area (TPSA) is 49.4 Å². The van der Waals surface area contributed by atoms with Crippen molar-refractivity contribution < 1.29 is 9.59 Å². The summed E-state index contributed by atoms with van der Waals surface area (Å²) in [5.41, 5.74) is -0.393. The summed E-state index contributed by atoms with van der Waals surface area (Å²) in [7, 11) is 0. The fourth-order valence-corrected chi connectivity index (χ4v) is 4.01. The van der Waals surface area contributed by atoms with E-state index in [1.807, 2.05) is 11.8 Å². The molecule has 0 aromatic carbocycles. The van der Waals surface area contributed by atoms with Crippen LogP contribution in [0.3, 0.4) is 0 Å². The number of carbonyl (C=O) groups excluding carboxylic acids is 2. The molecule has 4 heteroatoms. The van der Waals surface area contributed by atoms with Gasteiger partial charge in [0.15, 0.2) is 0 Å². The molecule has 0 aromatic heterocycles. The third-order valence-electron chi connectivity index (χ3n) is 5.52. The maximum absolute atomic E-state index is 12.9. The highest BCUT2D eigenvalue weighted by atomic mass is 16.2. The van der Waals surface area contributed by atoms with Crippen LogP contribution < -0.4 is 5.32 Å². The second-order valence-corrected chi connectivity index (χ2v) is 7.52. The summed E-state index contributed by atoms with van der Waals surface area (Å²) in [5, 5.41) is 3.00. The zero-order valence-electron chi connectivity index (χ0n) is 12.7. The number of amides is 2. The molecule has 1 heterocycles. The maximum atomic E-state index is 12.9. The van der Waals surface area contributed by atoms with Crippen LogP contribution in [0, 0.1) is 11.3 Å². The van der Waals surface area contributed by atoms with Crippen LogP contribution in [0.4, 0.5) is 0 Å². The second kappa shape index (κ2) is 4.74. The van der Waals surface area contributed by atoms with Crippen LogP contribution in [-0.4, -0.2) is 35.3 Å². The molecular weight excluding hydrogens is 252 g/mol. The molecule has 20 heavy (non-hydrogen) atoms. The highest BCUT2D eigenvalue weighted by Crippen LogP contribution is 2.43. The predicted molar refractivity (Wildman–Crippen MR) is 77.0 cm³/mol. The van der Waals surface area contributed by atoms with Crippen molar-refractivity contribution in [2.45, 2.75) is 64.3 Å². The van der Waals surface area contributed by atoms with Gasteiger partial charge in [0.25, 0.3) is 0 Å². The number of carbonyl (C=O) groups is 2. The molecule has 0 radical (unpaired) electrons. The Balaban J connectivity index is 1.79. The van der Waals surface area contributed by atoms with E-state index in [-0.39, 0.29) is 17.2 Å². The lowest BCUT2D eigenvalue weighted by Crippen LogP contribution is -2.57. The minimum absolute atomic E-state index is 0.0341. The van der Waals surface area contributed by atoms with Gasteiger partial charge in [-0.05, 0) is 43.9 Å². The van der Waals surface area contributed by atoms with E-state index in [1.54, 1.807) is 0 Å². The lowest BCUT2D eigenvalue weighted by atomic mass is 9.87. The highest BCUT2D eigenvalue weighted by Gasteiger charge is 2.51. The van der Waals surface area contributed by atoms with Gasteiger partial charge >= 0.3 is 0 Å². The molecule has 1 atom stereocenters. The summed E-state index contributed by atoms with van der Waals surface area (Å²) in [4.78, 5) is 26.9. The van der Waals surface area contributed by atoms with Crippen molar-refractivity contribution in [1.82, 2.24) is 10.2 Å². The molecule has 1 unspecified atom stereocenters. The van der Waals surface area contributed by atoms with Gasteiger partial charge < -0.3 is 10.2 Å². The molecule has 1 N–H and O–H groups in total. The molecule has 2 aliphatic carbocycles. The summed E-state index contributed by atoms with van der Waals surface area (Å²) in [5.74, 6) is 0.529. The zero-order chi connectivity index (χ0) is 14.4. The van der Waals surface area contributed by atoms with Gasteiger partial charge in [0.2, 0.25) is 11.8 Å². The zero-order valence-corrected chi connectivity index (χ0v) is 12.7. The van der Waals surface area contributed by atoms with Gasteiger partial charge in [-0.1, -0.05) is 19.8 Å². The van der Waals surface area contributed by atoms with E-state index in [1.165, 1.54) is 25.7 Å². The molecule has 0 aromatic rings. The van der Waals surface area contributed by atoms with E-state index in [9.17, 15) is 9.59 Å². The second-order valence-electron chi connectivity index (χ2n) is 7.52. The van der Waals surface area contributed by atoms with Gasteiger partial charge in [-0.2, -0.15) is 0 Å². The number of hydrogen-bond donors (Lipinski definition) is 1. The van der Waals surface area contributed by atoms with Crippen LogP contribution in [0.1, 0.15) is 58.8 Å². The Labute approximate surface area is 121 Å². The van der Waals surface area contributed by atoms with E-state index < -0.39 is 5.54 Å². The Hall–Kier alpha value is -1.06. The molecule has 1 aliphatic heterocycles. The number of nitrogens with one attached hydrogen (secondary N) is 1. The molecule has 2 amide bonds. The Bertz CT molecular complexity index is 424. The molecule has 1 saturated heterocycles. The molecular formula is C16H26N2O2. The number of hydrogen-bond acceptors (Lipinski definition) is 2. The van der Waals surface area contributed by atoms with E-state index >= 15 is 0 Å². The van der Waals surface area contributed by atoms with Crippen molar-refractivity contribution in [2.24, 2.45) is 11.3 Å². The largest absolute Gasteiger partial charge is 0.342 e. The number of rotatable bonds is 3. The van der Waals surface area contributed by atoms with E-state index in [0.717, 1.165) is 19.4 Å². The van der Waals surface area contributed by atoms with Crippen LogP contribution in [0.5, 0.6) is 0 Å². The minimum atomic E-state index is -0.650. The monoisotopic (exact) mass is 278 g/mol. The van der Waals surface area contributed by atoms with Crippen molar-refractivity contribution >= 4 is 11.8 Å². The molecule has 112 valence electrons. The van der Waals surface area contributed by atoms with Crippen molar-refractivity contribution in [2.75, 3.05) is 13.1 Å². The van der Waals surface area contributed by atoms with Crippen LogP contribution >= 0.6 is 0 Å². The lowest BCUT2D eigenvalue weighted by molar-refractivity contribution is -0.140. The van der Waals surface area contributed by atoms with E-state index in [4.69, 9.17) is 0 Å². The standard InChI is InChI=1S/C16H26N2O2/c1-15(8-3-4-9-15)11-18-10-7-13(19)17-16(2,14(18)20)12-5-6-12/h12H,3-11H2,1-2H3,(H,17,19). The van der Waals surface area contributed by atoms with Crippen molar-refractivity contribution in [1.29, 1.82) is 0 Å². The Morgan fingerprint density at radius 2 is 1.85 bits per heavy atom. The summed E-state index contributed by atoms with van der Waals surface area (Å²) in [6.45, 7) is 5.63. The van der Waals surface area contributed by atoms with Gasteiger partial charge in [-0.3, -0.25) is 9.59 Å². The molecule has 3 fully saturated rings. The smallest absolute Gasteiger partial charge is 0.248 e. The summed E-state index contributed by atoms with van der Waals surface area (Å²) in [6.07, 6.45) is 7.53. The Morgan fingerprint density at radius 1 is 1.20 bits per heavy atom. The van der Waals surface area contributed by atoms with Gasteiger partial charge in [0.05, 0.1) is 0 Å².